The van der Waals surface area contributed by atoms with Gasteiger partial charge in [-0.05, 0) is 24.6 Å². The molecule has 0 aliphatic heterocycles. The molecule has 2 aromatic rings. The molecule has 0 radical (unpaired) electrons. The molecule has 1 aromatic heterocycles. The molecule has 0 aliphatic rings. The van der Waals surface area contributed by atoms with Crippen molar-refractivity contribution in [2.24, 2.45) is 0 Å². The van der Waals surface area contributed by atoms with Gasteiger partial charge in [-0.25, -0.2) is 12.8 Å². The molecule has 0 saturated carbocycles. The molecule has 0 saturated heterocycles. The number of aromatic amines is 1. The molecular weight excluding hydrogens is 293 g/mol. The van der Waals surface area contributed by atoms with Crippen molar-refractivity contribution in [3.8, 4) is 0 Å². The molecule has 0 unspecified atom stereocenters. The molecule has 2 rings (SSSR count). The number of hydrogen-bond donors (Lipinski definition) is 2. The number of nitrogens with zero attached hydrogens (tertiary/aromatic N) is 1. The summed E-state index contributed by atoms with van der Waals surface area (Å²) >= 11 is 5.56. The van der Waals surface area contributed by atoms with E-state index in [0.717, 1.165) is 23.9 Å². The van der Waals surface area contributed by atoms with Gasteiger partial charge in [-0.2, -0.15) is 5.10 Å². The van der Waals surface area contributed by atoms with Crippen LogP contribution in [0.15, 0.2) is 29.2 Å². The molecule has 0 spiro atoms. The summed E-state index contributed by atoms with van der Waals surface area (Å²) in [6.45, 7) is 1.91. The fourth-order valence-corrected chi connectivity index (χ4v) is 2.70. The largest absolute Gasteiger partial charge is 0.280 e. The van der Waals surface area contributed by atoms with Gasteiger partial charge in [0.05, 0.1) is 9.92 Å². The Bertz CT molecular complexity index is 700. The predicted octanol–water partition coefficient (Wildman–Crippen LogP) is 2.57. The summed E-state index contributed by atoms with van der Waals surface area (Å²) in [5.74, 6) is -0.494. The van der Waals surface area contributed by atoms with E-state index in [1.165, 1.54) is 0 Å². The maximum Gasteiger partial charge on any atom is 0.263 e. The summed E-state index contributed by atoms with van der Waals surface area (Å²) in [4.78, 5) is -0.125. The second-order valence-electron chi connectivity index (χ2n) is 3.81. The van der Waals surface area contributed by atoms with Crippen LogP contribution in [0.25, 0.3) is 0 Å². The summed E-state index contributed by atoms with van der Waals surface area (Å²) < 4.78 is 39.3. The van der Waals surface area contributed by atoms with E-state index in [1.54, 1.807) is 6.07 Å². The Kier molecular flexibility index (Phi) is 3.77. The first-order chi connectivity index (χ1) is 8.92. The highest BCUT2D eigenvalue weighted by Gasteiger charge is 2.17. The van der Waals surface area contributed by atoms with E-state index in [0.29, 0.717) is 6.42 Å². The van der Waals surface area contributed by atoms with Crippen molar-refractivity contribution in [3.05, 3.63) is 40.8 Å². The number of nitrogens with one attached hydrogen (secondary N) is 2. The van der Waals surface area contributed by atoms with Crippen LogP contribution in [0.2, 0.25) is 5.02 Å². The minimum Gasteiger partial charge on any atom is -0.280 e. The highest BCUT2D eigenvalue weighted by Crippen LogP contribution is 2.21. The molecule has 0 amide bonds. The van der Waals surface area contributed by atoms with Crippen LogP contribution in [0.3, 0.4) is 0 Å². The normalized spacial score (nSPS) is 11.5. The van der Waals surface area contributed by atoms with E-state index < -0.39 is 15.8 Å². The van der Waals surface area contributed by atoms with Crippen molar-refractivity contribution in [1.29, 1.82) is 0 Å². The molecule has 0 aliphatic carbocycles. The Morgan fingerprint density at radius 2 is 2.16 bits per heavy atom. The zero-order chi connectivity index (χ0) is 14.0. The van der Waals surface area contributed by atoms with Gasteiger partial charge in [0.25, 0.3) is 10.0 Å². The number of sulfonamides is 1. The molecule has 0 fully saturated rings. The lowest BCUT2D eigenvalue weighted by atomic mass is 10.3. The Balaban J connectivity index is 2.29. The van der Waals surface area contributed by atoms with Crippen LogP contribution in [-0.2, 0) is 16.4 Å². The number of aromatic nitrogens is 2. The topological polar surface area (TPSA) is 74.8 Å². The zero-order valence-corrected chi connectivity index (χ0v) is 11.5. The van der Waals surface area contributed by atoms with Crippen molar-refractivity contribution in [1.82, 2.24) is 10.2 Å². The van der Waals surface area contributed by atoms with Gasteiger partial charge >= 0.3 is 0 Å². The quantitative estimate of drug-likeness (QED) is 0.911. The SMILES string of the molecule is CCc1cc(NS(=O)(=O)c2ccc(F)c(Cl)c2)n[nH]1. The average molecular weight is 304 g/mol. The van der Waals surface area contributed by atoms with E-state index in [9.17, 15) is 12.8 Å². The summed E-state index contributed by atoms with van der Waals surface area (Å²) in [5, 5.41) is 6.25. The third-order valence-corrected chi connectivity index (χ3v) is 4.09. The third kappa shape index (κ3) is 3.05. The van der Waals surface area contributed by atoms with E-state index in [-0.39, 0.29) is 15.7 Å². The molecule has 2 N–H and O–H groups in total. The number of anilines is 1. The van der Waals surface area contributed by atoms with Crippen LogP contribution in [0.1, 0.15) is 12.6 Å². The van der Waals surface area contributed by atoms with E-state index in [4.69, 9.17) is 11.6 Å². The predicted molar refractivity (Wildman–Crippen MR) is 70.2 cm³/mol. The molecular formula is C11H11ClFN3O2S. The van der Waals surface area contributed by atoms with Crippen molar-refractivity contribution >= 4 is 27.4 Å². The van der Waals surface area contributed by atoms with E-state index >= 15 is 0 Å². The highest BCUT2D eigenvalue weighted by atomic mass is 35.5. The number of aryl methyl sites for hydroxylation is 1. The van der Waals surface area contributed by atoms with Crippen LogP contribution in [-0.4, -0.2) is 18.6 Å². The van der Waals surface area contributed by atoms with Crippen molar-refractivity contribution in [3.63, 3.8) is 0 Å². The monoisotopic (exact) mass is 303 g/mol. The Labute approximate surface area is 114 Å². The summed E-state index contributed by atoms with van der Waals surface area (Å²) in [6, 6.07) is 4.77. The number of benzene rings is 1. The number of rotatable bonds is 4. The number of hydrogen-bond acceptors (Lipinski definition) is 3. The number of halogens is 2. The fourth-order valence-electron chi connectivity index (χ4n) is 1.44. The van der Waals surface area contributed by atoms with Crippen LogP contribution in [0.4, 0.5) is 10.2 Å². The Morgan fingerprint density at radius 3 is 2.74 bits per heavy atom. The minimum atomic E-state index is -3.83. The molecule has 19 heavy (non-hydrogen) atoms. The maximum absolute atomic E-state index is 13.0. The first kappa shape index (κ1) is 13.8. The molecule has 0 atom stereocenters. The molecule has 102 valence electrons. The lowest BCUT2D eigenvalue weighted by Crippen LogP contribution is -2.13. The lowest BCUT2D eigenvalue weighted by molar-refractivity contribution is 0.599. The number of H-pyrrole nitrogens is 1. The van der Waals surface area contributed by atoms with E-state index in [2.05, 4.69) is 14.9 Å². The molecule has 1 aromatic carbocycles. The average Bonchev–Trinajstić information content (AvgIpc) is 2.79. The maximum atomic E-state index is 13.0. The van der Waals surface area contributed by atoms with Gasteiger partial charge in [0, 0.05) is 11.8 Å². The van der Waals surface area contributed by atoms with Crippen LogP contribution in [0, 0.1) is 5.82 Å². The summed E-state index contributed by atoms with van der Waals surface area (Å²) in [7, 11) is -3.83. The molecule has 5 nitrogen and oxygen atoms in total. The third-order valence-electron chi connectivity index (χ3n) is 2.45. The van der Waals surface area contributed by atoms with Gasteiger partial charge in [0.2, 0.25) is 0 Å². The van der Waals surface area contributed by atoms with Crippen molar-refractivity contribution in [2.75, 3.05) is 4.72 Å². The van der Waals surface area contributed by atoms with Crippen LogP contribution in [0.5, 0.6) is 0 Å². The molecule has 1 heterocycles. The fraction of sp³-hybridized carbons (Fsp3) is 0.182. The van der Waals surface area contributed by atoms with Crippen LogP contribution < -0.4 is 4.72 Å². The molecule has 0 bridgehead atoms. The second kappa shape index (κ2) is 5.18. The van der Waals surface area contributed by atoms with Gasteiger partial charge < -0.3 is 0 Å². The standard InChI is InChI=1S/C11H11ClFN3O2S/c1-2-7-5-11(15-14-7)16-19(17,18)8-3-4-10(13)9(12)6-8/h3-6H,2H2,1H3,(H2,14,15,16). The van der Waals surface area contributed by atoms with Crippen molar-refractivity contribution in [2.45, 2.75) is 18.2 Å². The van der Waals surface area contributed by atoms with Gasteiger partial charge in [0.1, 0.15) is 5.82 Å². The van der Waals surface area contributed by atoms with Gasteiger partial charge in [-0.3, -0.25) is 9.82 Å². The van der Waals surface area contributed by atoms with Gasteiger partial charge in [0.15, 0.2) is 5.82 Å². The van der Waals surface area contributed by atoms with Crippen LogP contribution >= 0.6 is 11.6 Å². The summed E-state index contributed by atoms with van der Waals surface area (Å²) in [6.07, 6.45) is 0.705. The van der Waals surface area contributed by atoms with Gasteiger partial charge in [-0.15, -0.1) is 0 Å². The zero-order valence-electron chi connectivity index (χ0n) is 9.94. The first-order valence-electron chi connectivity index (χ1n) is 5.44. The van der Waals surface area contributed by atoms with Gasteiger partial charge in [-0.1, -0.05) is 18.5 Å². The lowest BCUT2D eigenvalue weighted by Gasteiger charge is -2.05. The smallest absolute Gasteiger partial charge is 0.263 e. The minimum absolute atomic E-state index is 0.125. The first-order valence-corrected chi connectivity index (χ1v) is 7.30. The van der Waals surface area contributed by atoms with E-state index in [1.807, 2.05) is 6.92 Å². The second-order valence-corrected chi connectivity index (χ2v) is 5.90. The molecule has 8 heteroatoms. The Morgan fingerprint density at radius 1 is 1.42 bits per heavy atom. The Hall–Kier alpha value is -1.60. The highest BCUT2D eigenvalue weighted by molar-refractivity contribution is 7.92. The summed E-state index contributed by atoms with van der Waals surface area (Å²) in [5.41, 5.74) is 0.801. The van der Waals surface area contributed by atoms with Crippen molar-refractivity contribution < 1.29 is 12.8 Å².